The Bertz CT molecular complexity index is 370. The molecule has 0 saturated carbocycles. The second-order valence-corrected chi connectivity index (χ2v) is 6.13. The molecular formula is C19H39N3S. The maximum absolute atomic E-state index is 4.52. The zero-order chi connectivity index (χ0) is 18.1. The molecule has 0 aliphatic rings. The van der Waals surface area contributed by atoms with Crippen LogP contribution in [0.15, 0.2) is 11.2 Å². The van der Waals surface area contributed by atoms with E-state index in [1.54, 1.807) is 11.8 Å². The summed E-state index contributed by atoms with van der Waals surface area (Å²) in [5.74, 6) is 0.974. The number of anilines is 1. The first-order valence-corrected chi connectivity index (χ1v) is 10.5. The van der Waals surface area contributed by atoms with Gasteiger partial charge in [-0.05, 0) is 26.0 Å². The molecule has 0 bridgehead atoms. The highest BCUT2D eigenvalue weighted by Crippen LogP contribution is 2.17. The molecule has 1 heterocycles. The number of rotatable bonds is 8. The molecule has 23 heavy (non-hydrogen) atoms. The van der Waals surface area contributed by atoms with Gasteiger partial charge in [0.05, 0.1) is 0 Å². The molecule has 0 amide bonds. The Labute approximate surface area is 149 Å². The molecule has 0 radical (unpaired) electrons. The van der Waals surface area contributed by atoms with Gasteiger partial charge < -0.3 is 5.32 Å². The lowest BCUT2D eigenvalue weighted by Gasteiger charge is -2.18. The summed E-state index contributed by atoms with van der Waals surface area (Å²) in [7, 11) is 0. The van der Waals surface area contributed by atoms with Crippen LogP contribution in [0.5, 0.6) is 0 Å². The first-order chi connectivity index (χ1) is 11.1. The maximum atomic E-state index is 4.52. The molecule has 1 unspecified atom stereocenters. The summed E-state index contributed by atoms with van der Waals surface area (Å²) in [6, 6.07) is 2.58. The van der Waals surface area contributed by atoms with Crippen LogP contribution in [0.3, 0.4) is 0 Å². The lowest BCUT2D eigenvalue weighted by Crippen LogP contribution is -2.20. The summed E-state index contributed by atoms with van der Waals surface area (Å²) < 4.78 is 0. The molecule has 4 heteroatoms. The van der Waals surface area contributed by atoms with Crippen molar-refractivity contribution in [1.29, 1.82) is 0 Å². The maximum Gasteiger partial charge on any atom is 0.189 e. The number of nitrogens with zero attached hydrogens (tertiary/aromatic N) is 2. The third-order valence-electron chi connectivity index (χ3n) is 2.91. The molecular weight excluding hydrogens is 302 g/mol. The van der Waals surface area contributed by atoms with E-state index in [0.29, 0.717) is 6.04 Å². The third kappa shape index (κ3) is 13.4. The van der Waals surface area contributed by atoms with E-state index in [9.17, 15) is 0 Å². The molecule has 0 fully saturated rings. The highest BCUT2D eigenvalue weighted by Gasteiger charge is 2.09. The summed E-state index contributed by atoms with van der Waals surface area (Å²) in [6.45, 7) is 14.7. The molecule has 0 aliphatic carbocycles. The lowest BCUT2D eigenvalue weighted by atomic mass is 10.1. The number of hydrogen-bond acceptors (Lipinski definition) is 4. The Morgan fingerprint density at radius 3 is 2.13 bits per heavy atom. The minimum Gasteiger partial charge on any atom is -0.367 e. The first-order valence-electron chi connectivity index (χ1n) is 9.27. The largest absolute Gasteiger partial charge is 0.367 e. The smallest absolute Gasteiger partial charge is 0.189 e. The Morgan fingerprint density at radius 1 is 1.04 bits per heavy atom. The standard InChI is InChI=1S/C14H25N3S.C3H8.C2H6/c1-5-7-9-12(8-6-2)16-13-10-11(3)15-14(17-13)18-4;1-3-2;1-2/h10,12H,5-9H2,1-4H3,(H,15,16,17);3H2,1-2H3;1-2H3. The molecule has 136 valence electrons. The minimum atomic E-state index is 0.541. The quantitative estimate of drug-likeness (QED) is 0.420. The summed E-state index contributed by atoms with van der Waals surface area (Å²) in [6.07, 6.45) is 9.43. The van der Waals surface area contributed by atoms with Crippen molar-refractivity contribution in [2.75, 3.05) is 11.6 Å². The van der Waals surface area contributed by atoms with Crippen molar-refractivity contribution in [1.82, 2.24) is 9.97 Å². The Balaban J connectivity index is 0. The average molecular weight is 342 g/mol. The van der Waals surface area contributed by atoms with Gasteiger partial charge in [0.2, 0.25) is 0 Å². The van der Waals surface area contributed by atoms with Gasteiger partial charge in [-0.3, -0.25) is 0 Å². The van der Waals surface area contributed by atoms with E-state index in [2.05, 4.69) is 43.0 Å². The molecule has 0 aliphatic heterocycles. The lowest BCUT2D eigenvalue weighted by molar-refractivity contribution is 0.562. The van der Waals surface area contributed by atoms with Crippen LogP contribution in [0.25, 0.3) is 0 Å². The summed E-state index contributed by atoms with van der Waals surface area (Å²) in [5, 5.41) is 4.42. The number of unbranched alkanes of at least 4 members (excludes halogenated alkanes) is 1. The molecule has 0 aromatic carbocycles. The fourth-order valence-electron chi connectivity index (χ4n) is 2.00. The number of nitrogens with one attached hydrogen (secondary N) is 1. The molecule has 1 aromatic heterocycles. The van der Waals surface area contributed by atoms with Crippen LogP contribution in [-0.4, -0.2) is 22.3 Å². The van der Waals surface area contributed by atoms with Crippen molar-refractivity contribution in [2.24, 2.45) is 0 Å². The average Bonchev–Trinajstić information content (AvgIpc) is 2.55. The summed E-state index contributed by atoms with van der Waals surface area (Å²) in [5.41, 5.74) is 1.03. The summed E-state index contributed by atoms with van der Waals surface area (Å²) in [4.78, 5) is 8.90. The fraction of sp³-hybridized carbons (Fsp3) is 0.789. The van der Waals surface area contributed by atoms with Crippen molar-refractivity contribution in [3.8, 4) is 0 Å². The summed E-state index contributed by atoms with van der Waals surface area (Å²) >= 11 is 1.59. The molecule has 0 spiro atoms. The number of aromatic nitrogens is 2. The number of aryl methyl sites for hydroxylation is 1. The van der Waals surface area contributed by atoms with Crippen LogP contribution in [0.2, 0.25) is 0 Å². The molecule has 1 rings (SSSR count). The van der Waals surface area contributed by atoms with Crippen molar-refractivity contribution in [2.45, 2.75) is 98.2 Å². The van der Waals surface area contributed by atoms with E-state index in [0.717, 1.165) is 16.7 Å². The predicted octanol–water partition coefficient (Wildman–Crippen LogP) is 6.72. The van der Waals surface area contributed by atoms with E-state index in [-0.39, 0.29) is 0 Å². The predicted molar refractivity (Wildman–Crippen MR) is 108 cm³/mol. The first kappa shape index (κ1) is 24.5. The van der Waals surface area contributed by atoms with Gasteiger partial charge in [-0.1, -0.05) is 79.0 Å². The van der Waals surface area contributed by atoms with E-state index >= 15 is 0 Å². The van der Waals surface area contributed by atoms with Crippen molar-refractivity contribution in [3.63, 3.8) is 0 Å². The van der Waals surface area contributed by atoms with Crippen LogP contribution in [-0.2, 0) is 0 Å². The Kier molecular flexibility index (Phi) is 18.7. The van der Waals surface area contributed by atoms with E-state index in [1.165, 1.54) is 38.5 Å². The molecule has 1 atom stereocenters. The highest BCUT2D eigenvalue weighted by atomic mass is 32.2. The van der Waals surface area contributed by atoms with Gasteiger partial charge in [0.15, 0.2) is 5.16 Å². The topological polar surface area (TPSA) is 37.8 Å². The van der Waals surface area contributed by atoms with E-state index in [4.69, 9.17) is 0 Å². The van der Waals surface area contributed by atoms with Gasteiger partial charge in [-0.25, -0.2) is 9.97 Å². The van der Waals surface area contributed by atoms with E-state index in [1.807, 2.05) is 33.1 Å². The second kappa shape index (κ2) is 17.6. The fourth-order valence-corrected chi connectivity index (χ4v) is 2.43. The van der Waals surface area contributed by atoms with Crippen LogP contribution in [0, 0.1) is 6.92 Å². The van der Waals surface area contributed by atoms with Crippen molar-refractivity contribution < 1.29 is 0 Å². The van der Waals surface area contributed by atoms with Gasteiger partial charge in [-0.15, -0.1) is 0 Å². The zero-order valence-electron chi connectivity index (χ0n) is 16.7. The Hall–Kier alpha value is -0.770. The molecule has 1 aromatic rings. The molecule has 1 N–H and O–H groups in total. The van der Waals surface area contributed by atoms with Gasteiger partial charge in [0, 0.05) is 17.8 Å². The SMILES string of the molecule is CC.CCC.CCCCC(CCC)Nc1cc(C)nc(SC)n1. The second-order valence-electron chi connectivity index (χ2n) is 5.36. The Morgan fingerprint density at radius 2 is 1.65 bits per heavy atom. The number of thioether (sulfide) groups is 1. The van der Waals surface area contributed by atoms with Crippen LogP contribution < -0.4 is 5.32 Å². The van der Waals surface area contributed by atoms with Crippen molar-refractivity contribution >= 4 is 17.6 Å². The molecule has 3 nitrogen and oxygen atoms in total. The van der Waals surface area contributed by atoms with Gasteiger partial charge in [-0.2, -0.15) is 0 Å². The van der Waals surface area contributed by atoms with Crippen LogP contribution in [0.1, 0.15) is 85.8 Å². The normalized spacial score (nSPS) is 10.8. The molecule has 0 saturated heterocycles. The van der Waals surface area contributed by atoms with Gasteiger partial charge >= 0.3 is 0 Å². The number of hydrogen-bond donors (Lipinski definition) is 1. The minimum absolute atomic E-state index is 0.541. The van der Waals surface area contributed by atoms with Crippen LogP contribution >= 0.6 is 11.8 Å². The monoisotopic (exact) mass is 341 g/mol. The zero-order valence-corrected chi connectivity index (χ0v) is 17.5. The third-order valence-corrected chi connectivity index (χ3v) is 3.46. The van der Waals surface area contributed by atoms with Crippen molar-refractivity contribution in [3.05, 3.63) is 11.8 Å². The van der Waals surface area contributed by atoms with Gasteiger partial charge in [0.25, 0.3) is 0 Å². The van der Waals surface area contributed by atoms with Gasteiger partial charge in [0.1, 0.15) is 5.82 Å². The highest BCUT2D eigenvalue weighted by molar-refractivity contribution is 7.98. The van der Waals surface area contributed by atoms with E-state index < -0.39 is 0 Å². The van der Waals surface area contributed by atoms with Crippen LogP contribution in [0.4, 0.5) is 5.82 Å².